The third kappa shape index (κ3) is 5.25. The van der Waals surface area contributed by atoms with Crippen LogP contribution in [-0.4, -0.2) is 28.0 Å². The summed E-state index contributed by atoms with van der Waals surface area (Å²) in [5, 5.41) is 0. The fourth-order valence-corrected chi connectivity index (χ4v) is 5.28. The van der Waals surface area contributed by atoms with E-state index in [1.165, 1.54) is 34.7 Å². The van der Waals surface area contributed by atoms with Crippen LogP contribution in [0.1, 0.15) is 46.5 Å². The van der Waals surface area contributed by atoms with E-state index in [-0.39, 0.29) is 17.0 Å². The molecule has 0 radical (unpaired) electrons. The number of ether oxygens (including phenoxy) is 2. The van der Waals surface area contributed by atoms with E-state index in [4.69, 9.17) is 9.47 Å². The summed E-state index contributed by atoms with van der Waals surface area (Å²) in [6.07, 6.45) is 0.589. The lowest BCUT2D eigenvalue weighted by Crippen LogP contribution is -2.31. The van der Waals surface area contributed by atoms with Gasteiger partial charge in [-0.1, -0.05) is 31.2 Å². The van der Waals surface area contributed by atoms with Crippen molar-refractivity contribution < 1.29 is 22.7 Å². The van der Waals surface area contributed by atoms with Gasteiger partial charge in [-0.15, -0.1) is 0 Å². The molecule has 0 saturated carbocycles. The second-order valence-corrected chi connectivity index (χ2v) is 9.84. The molecule has 0 saturated heterocycles. The highest BCUT2D eigenvalue weighted by Gasteiger charge is 2.26. The summed E-state index contributed by atoms with van der Waals surface area (Å²) in [4.78, 5) is 12.2. The van der Waals surface area contributed by atoms with E-state index in [9.17, 15) is 13.2 Å². The molecule has 0 aromatic heterocycles. The summed E-state index contributed by atoms with van der Waals surface area (Å²) in [6, 6.07) is 17.7. The Morgan fingerprint density at radius 1 is 0.941 bits per heavy atom. The van der Waals surface area contributed by atoms with Gasteiger partial charge in [0, 0.05) is 6.54 Å². The number of rotatable bonds is 9. The number of aryl methyl sites for hydroxylation is 2. The van der Waals surface area contributed by atoms with Gasteiger partial charge in [0.1, 0.15) is 12.4 Å². The van der Waals surface area contributed by atoms with Gasteiger partial charge in [0.2, 0.25) is 0 Å². The number of carbonyl (C=O) groups is 1. The van der Waals surface area contributed by atoms with Gasteiger partial charge in [-0.2, -0.15) is 0 Å². The van der Waals surface area contributed by atoms with E-state index in [1.54, 1.807) is 37.3 Å². The number of sulfonamides is 1. The molecule has 6 nitrogen and oxygen atoms in total. The van der Waals surface area contributed by atoms with E-state index in [2.05, 4.69) is 19.9 Å². The molecular weight excluding hydrogens is 450 g/mol. The van der Waals surface area contributed by atoms with E-state index in [0.717, 1.165) is 11.1 Å². The van der Waals surface area contributed by atoms with Crippen LogP contribution in [0.4, 0.5) is 5.69 Å². The largest absolute Gasteiger partial charge is 0.489 e. The lowest BCUT2D eigenvalue weighted by atomic mass is 10.0. The maximum Gasteiger partial charge on any atom is 0.338 e. The number of benzene rings is 3. The molecule has 0 aliphatic heterocycles. The van der Waals surface area contributed by atoms with E-state index in [0.29, 0.717) is 24.5 Å². The van der Waals surface area contributed by atoms with Crippen LogP contribution < -0.4 is 9.04 Å². The van der Waals surface area contributed by atoms with Gasteiger partial charge in [-0.05, 0) is 85.8 Å². The van der Waals surface area contributed by atoms with Crippen LogP contribution in [0.25, 0.3) is 0 Å². The highest BCUT2D eigenvalue weighted by Crippen LogP contribution is 2.28. The predicted octanol–water partition coefficient (Wildman–Crippen LogP) is 5.45. The van der Waals surface area contributed by atoms with Gasteiger partial charge in [-0.3, -0.25) is 4.31 Å². The molecule has 0 N–H and O–H groups in total. The molecule has 0 atom stereocenters. The maximum absolute atomic E-state index is 13.4. The van der Waals surface area contributed by atoms with Crippen molar-refractivity contribution in [3.63, 3.8) is 0 Å². The molecule has 180 valence electrons. The lowest BCUT2D eigenvalue weighted by Gasteiger charge is -2.23. The molecule has 0 amide bonds. The summed E-state index contributed by atoms with van der Waals surface area (Å²) in [6.45, 7) is 8.47. The fourth-order valence-electron chi connectivity index (χ4n) is 3.78. The van der Waals surface area contributed by atoms with Crippen molar-refractivity contribution in [3.05, 3.63) is 88.5 Å². The molecule has 0 fully saturated rings. The first-order valence-corrected chi connectivity index (χ1v) is 12.7. The average molecular weight is 482 g/mol. The molecule has 34 heavy (non-hydrogen) atoms. The molecular formula is C27H31NO5S. The Morgan fingerprint density at radius 2 is 1.65 bits per heavy atom. The number of esters is 1. The van der Waals surface area contributed by atoms with Gasteiger partial charge < -0.3 is 9.47 Å². The van der Waals surface area contributed by atoms with Crippen molar-refractivity contribution in [2.45, 2.75) is 45.6 Å². The molecule has 7 heteroatoms. The van der Waals surface area contributed by atoms with E-state index in [1.807, 2.05) is 19.1 Å². The third-order valence-corrected chi connectivity index (χ3v) is 7.88. The topological polar surface area (TPSA) is 72.9 Å². The number of hydrogen-bond acceptors (Lipinski definition) is 5. The van der Waals surface area contributed by atoms with Gasteiger partial charge >= 0.3 is 5.97 Å². The Balaban J connectivity index is 1.84. The van der Waals surface area contributed by atoms with Crippen LogP contribution >= 0.6 is 0 Å². The minimum atomic E-state index is -3.89. The summed E-state index contributed by atoms with van der Waals surface area (Å²) in [7, 11) is -2.60. The summed E-state index contributed by atoms with van der Waals surface area (Å²) >= 11 is 0. The zero-order chi connectivity index (χ0) is 24.9. The lowest BCUT2D eigenvalue weighted by molar-refractivity contribution is 0.0599. The molecule has 0 aliphatic carbocycles. The number of carbonyl (C=O) groups excluding carboxylic acids is 1. The molecule has 0 heterocycles. The Morgan fingerprint density at radius 3 is 2.26 bits per heavy atom. The number of nitrogens with zero attached hydrogens (tertiary/aromatic N) is 1. The normalized spacial score (nSPS) is 11.2. The minimum absolute atomic E-state index is 0.0437. The van der Waals surface area contributed by atoms with Crippen LogP contribution in [0, 0.1) is 13.8 Å². The zero-order valence-corrected chi connectivity index (χ0v) is 21.1. The molecule has 0 bridgehead atoms. The fraction of sp³-hybridized carbons (Fsp3) is 0.296. The minimum Gasteiger partial charge on any atom is -0.489 e. The molecule has 3 aromatic rings. The van der Waals surface area contributed by atoms with Gasteiger partial charge in [-0.25, -0.2) is 13.2 Å². The zero-order valence-electron chi connectivity index (χ0n) is 20.3. The first-order valence-electron chi connectivity index (χ1n) is 11.2. The van der Waals surface area contributed by atoms with Gasteiger partial charge in [0.25, 0.3) is 10.0 Å². The Kier molecular flexibility index (Phi) is 7.99. The molecule has 3 rings (SSSR count). The number of anilines is 1. The van der Waals surface area contributed by atoms with Crippen molar-refractivity contribution in [2.24, 2.45) is 0 Å². The Labute approximate surface area is 202 Å². The van der Waals surface area contributed by atoms with Crippen molar-refractivity contribution in [2.75, 3.05) is 18.0 Å². The Bertz CT molecular complexity index is 1270. The monoisotopic (exact) mass is 481 g/mol. The first-order chi connectivity index (χ1) is 16.2. The predicted molar refractivity (Wildman–Crippen MR) is 134 cm³/mol. The first kappa shape index (κ1) is 25.3. The van der Waals surface area contributed by atoms with Crippen LogP contribution in [0.2, 0.25) is 0 Å². The average Bonchev–Trinajstić information content (AvgIpc) is 2.85. The summed E-state index contributed by atoms with van der Waals surface area (Å²) in [5.74, 6) is 0.0979. The van der Waals surface area contributed by atoms with Crippen LogP contribution in [0.5, 0.6) is 5.75 Å². The SMILES string of the molecule is CCc1ccc(S(=O)(=O)N(CC)c2ccc(OCc3cccc(C)c3C)cc2)cc1C(=O)OC. The maximum atomic E-state index is 13.4. The van der Waals surface area contributed by atoms with Crippen LogP contribution in [0.3, 0.4) is 0 Å². The van der Waals surface area contributed by atoms with Crippen molar-refractivity contribution in [1.29, 1.82) is 0 Å². The van der Waals surface area contributed by atoms with Crippen molar-refractivity contribution in [1.82, 2.24) is 0 Å². The van der Waals surface area contributed by atoms with E-state index < -0.39 is 16.0 Å². The molecule has 0 spiro atoms. The van der Waals surface area contributed by atoms with Crippen molar-refractivity contribution in [3.8, 4) is 5.75 Å². The Hall–Kier alpha value is -3.32. The molecule has 3 aromatic carbocycles. The van der Waals surface area contributed by atoms with Crippen molar-refractivity contribution >= 4 is 21.7 Å². The van der Waals surface area contributed by atoms with Crippen LogP contribution in [0.15, 0.2) is 65.6 Å². The number of hydrogen-bond donors (Lipinski definition) is 0. The third-order valence-electron chi connectivity index (χ3n) is 5.98. The van der Waals surface area contributed by atoms with Gasteiger partial charge in [0.15, 0.2) is 0 Å². The standard InChI is InChI=1S/C27H31NO5S/c1-6-21-11-16-25(17-26(21)27(29)32-5)34(30,31)28(7-2)23-12-14-24(15-13-23)33-18-22-10-8-9-19(3)20(22)4/h8-17H,6-7,18H2,1-5H3. The highest BCUT2D eigenvalue weighted by molar-refractivity contribution is 7.92. The second kappa shape index (κ2) is 10.7. The van der Waals surface area contributed by atoms with Crippen LogP contribution in [-0.2, 0) is 27.8 Å². The number of methoxy groups -OCH3 is 1. The quantitative estimate of drug-likeness (QED) is 0.380. The highest BCUT2D eigenvalue weighted by atomic mass is 32.2. The molecule has 0 aliphatic rings. The van der Waals surface area contributed by atoms with Gasteiger partial charge in [0.05, 0.1) is 23.3 Å². The smallest absolute Gasteiger partial charge is 0.338 e. The summed E-state index contributed by atoms with van der Waals surface area (Å²) in [5.41, 5.74) is 5.03. The molecule has 0 unspecified atom stereocenters. The van der Waals surface area contributed by atoms with E-state index >= 15 is 0 Å². The second-order valence-electron chi connectivity index (χ2n) is 7.98. The summed E-state index contributed by atoms with van der Waals surface area (Å²) < 4.78 is 38.9.